The van der Waals surface area contributed by atoms with E-state index >= 15 is 0 Å². The summed E-state index contributed by atoms with van der Waals surface area (Å²) in [4.78, 5) is 24.4. The van der Waals surface area contributed by atoms with Crippen LogP contribution in [-0.2, 0) is 0 Å². The lowest BCUT2D eigenvalue weighted by atomic mass is 9.85. The van der Waals surface area contributed by atoms with E-state index in [0.29, 0.717) is 0 Å². The summed E-state index contributed by atoms with van der Waals surface area (Å²) in [6.45, 7) is 3.89. The van der Waals surface area contributed by atoms with Crippen molar-refractivity contribution in [2.24, 2.45) is 11.8 Å². The number of nitrogens with zero attached hydrogens (tertiary/aromatic N) is 1. The Morgan fingerprint density at radius 1 is 0.952 bits per heavy atom. The number of nitrogens with one attached hydrogen (secondary N) is 1. The van der Waals surface area contributed by atoms with Gasteiger partial charge in [-0.25, -0.2) is 0 Å². The lowest BCUT2D eigenvalue weighted by molar-refractivity contribution is 0.295. The molecule has 2 saturated heterocycles. The van der Waals surface area contributed by atoms with Gasteiger partial charge in [0.1, 0.15) is 5.69 Å². The highest BCUT2D eigenvalue weighted by atomic mass is 16.3. The molecule has 1 aromatic carbocycles. The molecular weight excluding hydrogens is 268 g/mol. The molecule has 21 heavy (non-hydrogen) atoms. The normalized spacial score (nSPS) is 22.0. The maximum Gasteiger partial charge on any atom is 0.271 e. The molecule has 0 amide bonds. The number of aromatic hydroxyl groups is 1. The highest BCUT2D eigenvalue weighted by Gasteiger charge is 2.29. The summed E-state index contributed by atoms with van der Waals surface area (Å²) in [6.07, 6.45) is 7.31. The molecule has 0 saturated carbocycles. The van der Waals surface area contributed by atoms with Gasteiger partial charge in [0.2, 0.25) is 0 Å². The Balaban J connectivity index is 1.45. The van der Waals surface area contributed by atoms with Crippen LogP contribution in [0.1, 0.15) is 38.5 Å². The second-order valence-corrected chi connectivity index (χ2v) is 6.56. The fourth-order valence-electron chi connectivity index (χ4n) is 3.75. The molecule has 2 N–H and O–H groups in total. The van der Waals surface area contributed by atoms with E-state index in [9.17, 15) is 14.7 Å². The van der Waals surface area contributed by atoms with Crippen molar-refractivity contribution in [3.63, 3.8) is 0 Å². The number of hydrogen-bond acceptors (Lipinski definition) is 5. The maximum absolute atomic E-state index is 11.5. The van der Waals surface area contributed by atoms with Crippen LogP contribution in [0, 0.1) is 11.8 Å². The van der Waals surface area contributed by atoms with Crippen molar-refractivity contribution in [3.8, 4) is 5.75 Å². The van der Waals surface area contributed by atoms with Crippen LogP contribution in [0.25, 0.3) is 0 Å². The average Bonchev–Trinajstić information content (AvgIpc) is 2.55. The van der Waals surface area contributed by atoms with Gasteiger partial charge >= 0.3 is 0 Å². The number of hydrogen-bond donors (Lipinski definition) is 2. The molecule has 0 unspecified atom stereocenters. The fraction of sp³-hybridized carbons (Fsp3) is 0.750. The van der Waals surface area contributed by atoms with E-state index in [1.54, 1.807) is 0 Å². The molecule has 2 fully saturated rings. The van der Waals surface area contributed by atoms with Gasteiger partial charge in [0.15, 0.2) is 5.75 Å². The third-order valence-corrected chi connectivity index (χ3v) is 5.23. The molecule has 0 aliphatic carbocycles. The van der Waals surface area contributed by atoms with Crippen LogP contribution in [-0.4, -0.2) is 31.3 Å². The average molecular weight is 292 g/mol. The predicted octanol–water partition coefficient (Wildman–Crippen LogP) is 0.984. The van der Waals surface area contributed by atoms with Crippen molar-refractivity contribution < 1.29 is 5.11 Å². The Bertz CT molecular complexity index is 548. The van der Waals surface area contributed by atoms with Crippen LogP contribution >= 0.6 is 0 Å². The molecule has 2 aliphatic heterocycles. The maximum atomic E-state index is 11.5. The van der Waals surface area contributed by atoms with Crippen molar-refractivity contribution in [2.45, 2.75) is 38.5 Å². The van der Waals surface area contributed by atoms with Gasteiger partial charge in [-0.3, -0.25) is 9.59 Å². The molecule has 0 radical (unpaired) electrons. The zero-order valence-electron chi connectivity index (χ0n) is 12.4. The predicted molar refractivity (Wildman–Crippen MR) is 82.8 cm³/mol. The van der Waals surface area contributed by atoms with Crippen molar-refractivity contribution in [1.82, 2.24) is 5.32 Å². The summed E-state index contributed by atoms with van der Waals surface area (Å²) in [5, 5.41) is 12.9. The molecule has 0 atom stereocenters. The van der Waals surface area contributed by atoms with Gasteiger partial charge in [-0.2, -0.15) is 0 Å². The standard InChI is InChI=1S/C16H24N2O3/c19-14-13(15(20)16(14)21)18-9-5-12(6-10-18)2-1-11-3-7-17-8-4-11/h11-12,17,19H,1-10H2. The first-order chi connectivity index (χ1) is 10.2. The molecule has 2 heterocycles. The zero-order chi connectivity index (χ0) is 14.8. The smallest absolute Gasteiger partial charge is 0.271 e. The molecule has 0 aromatic heterocycles. The molecule has 2 aliphatic rings. The summed E-state index contributed by atoms with van der Waals surface area (Å²) < 4.78 is 0. The zero-order valence-corrected chi connectivity index (χ0v) is 12.4. The van der Waals surface area contributed by atoms with Crippen molar-refractivity contribution >= 4 is 5.69 Å². The Morgan fingerprint density at radius 2 is 1.52 bits per heavy atom. The minimum absolute atomic E-state index is 0.261. The molecule has 3 rings (SSSR count). The summed E-state index contributed by atoms with van der Waals surface area (Å²) in [6, 6.07) is 0. The lowest BCUT2D eigenvalue weighted by Gasteiger charge is -2.34. The number of rotatable bonds is 4. The second-order valence-electron chi connectivity index (χ2n) is 6.56. The van der Waals surface area contributed by atoms with E-state index < -0.39 is 10.9 Å². The Labute approximate surface area is 124 Å². The fourth-order valence-corrected chi connectivity index (χ4v) is 3.75. The van der Waals surface area contributed by atoms with Gasteiger partial charge < -0.3 is 15.3 Å². The van der Waals surface area contributed by atoms with Gasteiger partial charge in [-0.05, 0) is 50.6 Å². The summed E-state index contributed by atoms with van der Waals surface area (Å²) >= 11 is 0. The topological polar surface area (TPSA) is 69.6 Å². The Morgan fingerprint density at radius 3 is 2.10 bits per heavy atom. The van der Waals surface area contributed by atoms with E-state index in [4.69, 9.17) is 0 Å². The van der Waals surface area contributed by atoms with E-state index in [-0.39, 0.29) is 11.4 Å². The first kappa shape index (κ1) is 14.6. The Hall–Kier alpha value is -1.36. The SMILES string of the molecule is O=c1c(O)c(N2CCC(CCC3CCNCC3)CC2)c1=O. The van der Waals surface area contributed by atoms with E-state index in [0.717, 1.165) is 50.9 Å². The van der Waals surface area contributed by atoms with Crippen LogP contribution in [0.5, 0.6) is 5.75 Å². The summed E-state index contributed by atoms with van der Waals surface area (Å²) in [5.74, 6) is 1.28. The van der Waals surface area contributed by atoms with Gasteiger partial charge in [-0.15, -0.1) is 0 Å². The molecule has 1 aromatic rings. The van der Waals surface area contributed by atoms with Crippen molar-refractivity contribution in [3.05, 3.63) is 20.4 Å². The Kier molecular flexibility index (Phi) is 4.29. The minimum Gasteiger partial charge on any atom is -0.502 e. The van der Waals surface area contributed by atoms with E-state index in [2.05, 4.69) is 5.32 Å². The van der Waals surface area contributed by atoms with Gasteiger partial charge in [0.25, 0.3) is 10.9 Å². The molecule has 0 bridgehead atoms. The molecule has 5 nitrogen and oxygen atoms in total. The molecular formula is C16H24N2O3. The molecule has 116 valence electrons. The lowest BCUT2D eigenvalue weighted by Crippen LogP contribution is -2.43. The number of anilines is 1. The quantitative estimate of drug-likeness (QED) is 0.810. The third-order valence-electron chi connectivity index (χ3n) is 5.23. The van der Waals surface area contributed by atoms with E-state index in [1.807, 2.05) is 4.90 Å². The highest BCUT2D eigenvalue weighted by Crippen LogP contribution is 2.30. The monoisotopic (exact) mass is 292 g/mol. The van der Waals surface area contributed by atoms with Gasteiger partial charge in [0, 0.05) is 13.1 Å². The van der Waals surface area contributed by atoms with Crippen molar-refractivity contribution in [2.75, 3.05) is 31.1 Å². The summed E-state index contributed by atoms with van der Waals surface area (Å²) in [5.41, 5.74) is -0.976. The highest BCUT2D eigenvalue weighted by molar-refractivity contribution is 5.63. The summed E-state index contributed by atoms with van der Waals surface area (Å²) in [7, 11) is 0. The number of piperidine rings is 2. The van der Waals surface area contributed by atoms with Crippen LogP contribution in [0.3, 0.4) is 0 Å². The van der Waals surface area contributed by atoms with Gasteiger partial charge in [0.05, 0.1) is 0 Å². The first-order valence-corrected chi connectivity index (χ1v) is 8.14. The first-order valence-electron chi connectivity index (χ1n) is 8.14. The van der Waals surface area contributed by atoms with E-state index in [1.165, 1.54) is 25.7 Å². The minimum atomic E-state index is -0.724. The van der Waals surface area contributed by atoms with Crippen LogP contribution in [0.2, 0.25) is 0 Å². The van der Waals surface area contributed by atoms with Crippen LogP contribution < -0.4 is 21.1 Å². The largest absolute Gasteiger partial charge is 0.502 e. The van der Waals surface area contributed by atoms with Gasteiger partial charge in [-0.1, -0.05) is 12.8 Å². The molecule has 0 spiro atoms. The van der Waals surface area contributed by atoms with Crippen LogP contribution in [0.4, 0.5) is 5.69 Å². The third kappa shape index (κ3) is 2.98. The van der Waals surface area contributed by atoms with Crippen molar-refractivity contribution in [1.29, 1.82) is 0 Å². The van der Waals surface area contributed by atoms with Crippen LogP contribution in [0.15, 0.2) is 9.59 Å². The molecule has 5 heteroatoms. The second kappa shape index (κ2) is 6.18.